The van der Waals surface area contributed by atoms with Gasteiger partial charge in [0.25, 0.3) is 0 Å². The van der Waals surface area contributed by atoms with Gasteiger partial charge in [0.2, 0.25) is 0 Å². The molecule has 2 aliphatic heterocycles. The topological polar surface area (TPSA) is 227 Å². The fourth-order valence-electron chi connectivity index (χ4n) is 1.37. The van der Waals surface area contributed by atoms with Crippen LogP contribution in [0, 0.1) is 0 Å². The van der Waals surface area contributed by atoms with Crippen LogP contribution in [0.15, 0.2) is 0 Å². The van der Waals surface area contributed by atoms with E-state index in [1.54, 1.807) is 0 Å². The standard InChI is InChI=1S/2C2H8O7P2.Sn/c2*1-2(3,10(4,5)6)11(7,8)9;/h2*3H,1H3,(H2,4,5,6)(H2,7,8,9);/q;;+4/p-4. The summed E-state index contributed by atoms with van der Waals surface area (Å²) in [5, 5.41) is 12.6. The van der Waals surface area contributed by atoms with Crippen LogP contribution in [-0.2, 0) is 29.7 Å². The molecule has 2 saturated heterocycles. The van der Waals surface area contributed by atoms with E-state index in [-0.39, 0.29) is 0 Å². The summed E-state index contributed by atoms with van der Waals surface area (Å²) in [5.74, 6) is 0. The molecule has 2 heterocycles. The second-order valence-corrected chi connectivity index (χ2v) is 23.1. The second kappa shape index (κ2) is 5.19. The van der Waals surface area contributed by atoms with Crippen LogP contribution in [0.25, 0.3) is 0 Å². The Kier molecular flexibility index (Phi) is 4.65. The van der Waals surface area contributed by atoms with Crippen molar-refractivity contribution in [2.45, 2.75) is 24.0 Å². The third-order valence-electron chi connectivity index (χ3n) is 3.08. The van der Waals surface area contributed by atoms with Crippen LogP contribution in [0.3, 0.4) is 0 Å². The first kappa shape index (κ1) is 20.6. The SMILES string of the molecule is CC1(O)P(=O)(O)[O][Sn]2([O]P1(=O)O)[O]P(=O)(O)C(C)(O)P(=O)(O)[O]2. The van der Waals surface area contributed by atoms with Crippen molar-refractivity contribution in [2.24, 2.45) is 0 Å². The van der Waals surface area contributed by atoms with Crippen molar-refractivity contribution in [3.63, 3.8) is 0 Å². The van der Waals surface area contributed by atoms with Gasteiger partial charge < -0.3 is 0 Å². The summed E-state index contributed by atoms with van der Waals surface area (Å²) >= 11 is -6.58. The van der Waals surface area contributed by atoms with Gasteiger partial charge in [-0.1, -0.05) is 0 Å². The zero-order valence-electron chi connectivity index (χ0n) is 11.2. The molecule has 2 rings (SSSR count). The van der Waals surface area contributed by atoms with E-state index in [9.17, 15) is 48.0 Å². The van der Waals surface area contributed by atoms with Crippen molar-refractivity contribution >= 4 is 50.4 Å². The van der Waals surface area contributed by atoms with Gasteiger partial charge in [-0.3, -0.25) is 0 Å². The number of hydrogen-bond donors (Lipinski definition) is 6. The second-order valence-electron chi connectivity index (χ2n) is 4.89. The van der Waals surface area contributed by atoms with Crippen molar-refractivity contribution in [1.82, 2.24) is 0 Å². The Morgan fingerprint density at radius 2 is 0.826 bits per heavy atom. The predicted octanol–water partition coefficient (Wildman–Crippen LogP) is -0.411. The first-order valence-electron chi connectivity index (χ1n) is 5.42. The van der Waals surface area contributed by atoms with E-state index in [0.717, 1.165) is 0 Å². The average molecular weight is 527 g/mol. The molecule has 6 N–H and O–H groups in total. The summed E-state index contributed by atoms with van der Waals surface area (Å²) < 4.78 is 64.9. The molecule has 0 aliphatic carbocycles. The summed E-state index contributed by atoms with van der Waals surface area (Å²) in [6.45, 7) is 0.812. The van der Waals surface area contributed by atoms with Crippen LogP contribution in [0.5, 0.6) is 0 Å². The van der Waals surface area contributed by atoms with Crippen LogP contribution in [0.1, 0.15) is 13.8 Å². The minimum absolute atomic E-state index is 0.406. The van der Waals surface area contributed by atoms with Gasteiger partial charge in [0.1, 0.15) is 0 Å². The molecule has 136 valence electrons. The van der Waals surface area contributed by atoms with Crippen molar-refractivity contribution in [1.29, 1.82) is 0 Å². The molecule has 4 unspecified atom stereocenters. The molecule has 0 aromatic carbocycles. The van der Waals surface area contributed by atoms with Gasteiger partial charge in [-0.25, -0.2) is 0 Å². The van der Waals surface area contributed by atoms with Gasteiger partial charge in [0.05, 0.1) is 0 Å². The molecule has 0 aromatic rings. The first-order chi connectivity index (χ1) is 9.83. The van der Waals surface area contributed by atoms with E-state index in [4.69, 9.17) is 0 Å². The Morgan fingerprint density at radius 1 is 0.652 bits per heavy atom. The molecule has 2 aliphatic rings. The first-order valence-corrected chi connectivity index (χ1v) is 16.4. The van der Waals surface area contributed by atoms with Gasteiger partial charge in [0, 0.05) is 0 Å². The van der Waals surface area contributed by atoms with Crippen molar-refractivity contribution in [2.75, 3.05) is 0 Å². The fourth-order valence-corrected chi connectivity index (χ4v) is 31.4. The molecule has 1 spiro atoms. The Labute approximate surface area is 134 Å². The number of hydrogen-bond acceptors (Lipinski definition) is 10. The van der Waals surface area contributed by atoms with Gasteiger partial charge in [-0.05, 0) is 0 Å². The van der Waals surface area contributed by atoms with E-state index in [2.05, 4.69) is 11.4 Å². The van der Waals surface area contributed by atoms with E-state index >= 15 is 0 Å². The zero-order valence-corrected chi connectivity index (χ0v) is 17.7. The van der Waals surface area contributed by atoms with Crippen LogP contribution in [-0.4, -0.2) is 60.0 Å². The molecular formula is C4H12O14P4Sn. The maximum atomic E-state index is 11.9. The van der Waals surface area contributed by atoms with Crippen molar-refractivity contribution < 1.29 is 59.5 Å². The molecule has 0 radical (unpaired) electrons. The maximum absolute atomic E-state index is 11.9. The van der Waals surface area contributed by atoms with Gasteiger partial charge >= 0.3 is 134 Å². The molecule has 14 nitrogen and oxygen atoms in total. The number of rotatable bonds is 0. The van der Waals surface area contributed by atoms with Crippen LogP contribution in [0.4, 0.5) is 0 Å². The Bertz CT molecular complexity index is 618. The van der Waals surface area contributed by atoms with E-state index in [0.29, 0.717) is 13.8 Å². The quantitative estimate of drug-likeness (QED) is 0.174. The summed E-state index contributed by atoms with van der Waals surface area (Å²) in [6.07, 6.45) is 0. The summed E-state index contributed by atoms with van der Waals surface area (Å²) in [6, 6.07) is 0. The summed E-state index contributed by atoms with van der Waals surface area (Å²) in [5.41, 5.74) is 0. The molecule has 4 atom stereocenters. The zero-order chi connectivity index (χ0) is 18.3. The Hall–Kier alpha value is 1.32. The van der Waals surface area contributed by atoms with Gasteiger partial charge in [0.15, 0.2) is 0 Å². The monoisotopic (exact) mass is 528 g/mol. The van der Waals surface area contributed by atoms with Crippen LogP contribution in [0.2, 0.25) is 0 Å². The fraction of sp³-hybridized carbons (Fsp3) is 1.00. The Balaban J connectivity index is 2.62. The molecule has 0 aromatic heterocycles. The van der Waals surface area contributed by atoms with Crippen LogP contribution < -0.4 is 0 Å². The van der Waals surface area contributed by atoms with Crippen molar-refractivity contribution in [3.05, 3.63) is 0 Å². The van der Waals surface area contributed by atoms with Gasteiger partial charge in [-0.15, -0.1) is 0 Å². The molecule has 0 amide bonds. The minimum atomic E-state index is -6.58. The molecule has 19 heteroatoms. The van der Waals surface area contributed by atoms with Gasteiger partial charge in [-0.2, -0.15) is 0 Å². The van der Waals surface area contributed by atoms with Crippen molar-refractivity contribution in [3.8, 4) is 0 Å². The predicted molar refractivity (Wildman–Crippen MR) is 70.6 cm³/mol. The third-order valence-corrected chi connectivity index (χ3v) is 28.4. The number of aliphatic hydroxyl groups is 2. The van der Waals surface area contributed by atoms with E-state index in [1.807, 2.05) is 0 Å². The molecule has 2 fully saturated rings. The average Bonchev–Trinajstić information content (AvgIpc) is 2.21. The molecule has 0 saturated carbocycles. The van der Waals surface area contributed by atoms with E-state index < -0.39 is 60.6 Å². The summed E-state index contributed by atoms with van der Waals surface area (Å²) in [7, 11) is -21.9. The molecule has 0 bridgehead atoms. The third kappa shape index (κ3) is 2.82. The van der Waals surface area contributed by atoms with Crippen LogP contribution >= 0.6 is 30.4 Å². The normalized spacial score (nSPS) is 64.0. The summed E-state index contributed by atoms with van der Waals surface area (Å²) in [4.78, 5) is 38.3. The molecule has 23 heavy (non-hydrogen) atoms. The van der Waals surface area contributed by atoms with E-state index in [1.165, 1.54) is 0 Å². The Morgan fingerprint density at radius 3 is 1.00 bits per heavy atom. The molecular weight excluding hydrogens is 515 g/mol.